The molecule has 0 bridgehead atoms. The molecular formula is C67H73F3N21O22PS. The minimum absolute atomic E-state index is 0.0138. The van der Waals surface area contributed by atoms with E-state index in [0.29, 0.717) is 80.1 Å². The Bertz CT molecular complexity index is 5230. The highest BCUT2D eigenvalue weighted by molar-refractivity contribution is 7.99. The number of cyclic esters (lactones) is 1. The van der Waals surface area contributed by atoms with Crippen molar-refractivity contribution in [2.75, 3.05) is 42.4 Å². The zero-order valence-electron chi connectivity index (χ0n) is 61.1. The average molecular weight is 1640 g/mol. The summed E-state index contributed by atoms with van der Waals surface area (Å²) in [5.74, 6) is -5.73. The summed E-state index contributed by atoms with van der Waals surface area (Å²) in [5, 5.41) is 95.1. The fraction of sp³-hybridized carbons (Fsp3) is 0.299. The number of aryl methyl sites for hydroxylation is 2. The van der Waals surface area contributed by atoms with Gasteiger partial charge in [-0.05, 0) is 116 Å². The number of aliphatic hydroxyl groups excluding tert-OH is 3. The number of nitrogens with zero attached hydrogens (tertiary/aromatic N) is 14. The van der Waals surface area contributed by atoms with Crippen molar-refractivity contribution in [3.63, 3.8) is 0 Å². The molecule has 5 atom stereocenters. The number of methoxy groups -OCH3 is 1. The van der Waals surface area contributed by atoms with E-state index in [0.717, 1.165) is 51.6 Å². The number of hydrogen-bond donors (Lipinski definition) is 15. The second-order valence-corrected chi connectivity index (χ2v) is 25.4. The largest absolute Gasteiger partial charge is 0.507 e. The van der Waals surface area contributed by atoms with Gasteiger partial charge in [-0.1, -0.05) is 16.8 Å². The molecule has 3 aromatic carbocycles. The molecular weight excluding hydrogens is 1570 g/mol. The molecule has 1 fully saturated rings. The van der Waals surface area contributed by atoms with Gasteiger partial charge in [0.15, 0.2) is 39.6 Å². The van der Waals surface area contributed by atoms with E-state index >= 15 is 0 Å². The third kappa shape index (κ3) is 23.1. The predicted octanol–water partition coefficient (Wildman–Crippen LogP) is 4.85. The van der Waals surface area contributed by atoms with Gasteiger partial charge in [0.05, 0.1) is 50.2 Å². The summed E-state index contributed by atoms with van der Waals surface area (Å²) in [7, 11) is 4.68. The van der Waals surface area contributed by atoms with Crippen LogP contribution in [0.4, 0.5) is 42.1 Å². The van der Waals surface area contributed by atoms with Crippen LogP contribution in [0.2, 0.25) is 0 Å². The number of carbonyl (C=O) groups is 7. The zero-order chi connectivity index (χ0) is 84.9. The first-order valence-electron chi connectivity index (χ1n) is 33.1. The second kappa shape index (κ2) is 40.1. The number of carboxylic acids is 3. The number of hydrogen-bond acceptors (Lipinski definition) is 33. The van der Waals surface area contributed by atoms with Crippen LogP contribution in [0.25, 0.3) is 22.3 Å². The number of ether oxygens (including phenoxy) is 3. The molecule has 610 valence electrons. The number of rotatable bonds is 23. The van der Waals surface area contributed by atoms with Gasteiger partial charge >= 0.3 is 35.9 Å². The summed E-state index contributed by atoms with van der Waals surface area (Å²) < 4.78 is 68.5. The summed E-state index contributed by atoms with van der Waals surface area (Å²) in [4.78, 5) is 130. The Morgan fingerprint density at radius 2 is 1.59 bits per heavy atom. The predicted molar refractivity (Wildman–Crippen MR) is 395 cm³/mol. The number of phenolic OH excluding ortho intramolecular Hbond substituents is 1. The number of nitrogens with one attached hydrogen (secondary N) is 3. The number of allylic oxidation sites excluding steroid dienone is 2. The van der Waals surface area contributed by atoms with Crippen LogP contribution in [0.3, 0.4) is 0 Å². The summed E-state index contributed by atoms with van der Waals surface area (Å²) in [6, 6.07) is 9.33. The fourth-order valence-electron chi connectivity index (χ4n) is 10.6. The number of imidazole rings is 3. The highest BCUT2D eigenvalue weighted by Crippen LogP contribution is 2.43. The lowest BCUT2D eigenvalue weighted by Crippen LogP contribution is -2.41. The lowest BCUT2D eigenvalue weighted by molar-refractivity contribution is -0.392. The summed E-state index contributed by atoms with van der Waals surface area (Å²) in [6.45, 7) is 5.23. The van der Waals surface area contributed by atoms with E-state index in [2.05, 4.69) is 71.1 Å². The molecule has 10 aromatic rings. The van der Waals surface area contributed by atoms with E-state index in [4.69, 9.17) is 55.8 Å². The number of esters is 1. The number of halogens is 3. The Morgan fingerprint density at radius 3 is 2.17 bits per heavy atom. The maximum absolute atomic E-state index is 12.4. The molecule has 0 aliphatic carbocycles. The van der Waals surface area contributed by atoms with Gasteiger partial charge in [0.2, 0.25) is 26.8 Å². The van der Waals surface area contributed by atoms with Crippen molar-refractivity contribution >= 4 is 113 Å². The topological polar surface area (TPSA) is 668 Å². The van der Waals surface area contributed by atoms with Crippen LogP contribution in [-0.4, -0.2) is 197 Å². The number of fused-ring (bicyclic) bond motifs is 3. The minimum atomic E-state index is -4.40. The number of benzene rings is 3. The second-order valence-electron chi connectivity index (χ2n) is 24.2. The molecule has 115 heavy (non-hydrogen) atoms. The number of nitro groups is 1. The van der Waals surface area contributed by atoms with Gasteiger partial charge in [0.25, 0.3) is 17.7 Å². The molecule has 19 N–H and O–H groups in total. The quantitative estimate of drug-likeness (QED) is 0.0102. The van der Waals surface area contributed by atoms with Crippen molar-refractivity contribution in [3.8, 4) is 17.4 Å². The summed E-state index contributed by atoms with van der Waals surface area (Å²) >= 11 is 1.15. The SMILES string of the molecule is CN(Cc1cnc2nc(N)nc(N)c2n1)c1ccc(C(=O)N[C@@H](CCC(=O)O)C(=O)O)cc1.COc1c(C)c2c(c(O)c1C/C=C(\C)CCC(=O)O)C(=O)OC2.Cc1oncc1C(=O)Nc1ccc(C(F)(F)F)cc1.Cn1cnc([N+](=O)[O-])c1Sc1ncnc2nc[nH]c12.NC(=O)c1ncn([C@@H]2O[C@H](CO)[C@@H](O)[C@H]2O)c1O.NP=O. The van der Waals surface area contributed by atoms with Crippen LogP contribution in [0.5, 0.6) is 17.4 Å². The molecule has 0 spiro atoms. The molecule has 48 heteroatoms. The Labute approximate surface area is 651 Å². The van der Waals surface area contributed by atoms with E-state index in [-0.39, 0.29) is 85.9 Å². The Balaban J connectivity index is 0.000000201. The van der Waals surface area contributed by atoms with Gasteiger partial charge in [-0.3, -0.25) is 38.6 Å². The molecule has 0 unspecified atom stereocenters. The Kier molecular flexibility index (Phi) is 31.0. The van der Waals surface area contributed by atoms with Crippen LogP contribution in [0, 0.1) is 24.0 Å². The Hall–Kier alpha value is -13.5. The number of aliphatic hydroxyl groups is 3. The maximum Gasteiger partial charge on any atom is 0.416 e. The zero-order valence-corrected chi connectivity index (χ0v) is 62.8. The van der Waals surface area contributed by atoms with E-state index in [1.165, 1.54) is 56.6 Å². The fourth-order valence-corrected chi connectivity index (χ4v) is 11.5. The normalized spacial score (nSPS) is 14.9. The number of carboxylic acid groups (broad SMARTS) is 3. The number of aliphatic carboxylic acids is 3. The summed E-state index contributed by atoms with van der Waals surface area (Å²) in [5.41, 5.74) is 26.5. The first-order valence-corrected chi connectivity index (χ1v) is 34.8. The van der Waals surface area contributed by atoms with Crippen LogP contribution in [0.1, 0.15) is 114 Å². The number of nitrogens with two attached hydrogens (primary N) is 4. The molecule has 0 saturated carbocycles. The third-order valence-electron chi connectivity index (χ3n) is 16.4. The van der Waals surface area contributed by atoms with Crippen molar-refractivity contribution in [1.82, 2.24) is 69.4 Å². The lowest BCUT2D eigenvalue weighted by atomic mass is 9.94. The number of primary amides is 1. The van der Waals surface area contributed by atoms with Gasteiger partial charge in [0, 0.05) is 55.0 Å². The molecule has 1 saturated heterocycles. The molecule has 3 amide bonds. The molecule has 0 radical (unpaired) electrons. The number of anilines is 4. The van der Waals surface area contributed by atoms with Crippen LogP contribution in [0.15, 0.2) is 112 Å². The van der Waals surface area contributed by atoms with E-state index in [9.17, 15) is 82.4 Å². The molecule has 43 nitrogen and oxygen atoms in total. The number of amides is 3. The van der Waals surface area contributed by atoms with Crippen molar-refractivity contribution in [1.29, 1.82) is 0 Å². The van der Waals surface area contributed by atoms with Crippen molar-refractivity contribution in [2.24, 2.45) is 18.3 Å². The smallest absolute Gasteiger partial charge is 0.416 e. The van der Waals surface area contributed by atoms with Gasteiger partial charge < -0.3 is 112 Å². The maximum atomic E-state index is 12.4. The van der Waals surface area contributed by atoms with Crippen molar-refractivity contribution in [2.45, 2.75) is 113 Å². The van der Waals surface area contributed by atoms with Gasteiger partial charge in [-0.2, -0.15) is 23.1 Å². The Morgan fingerprint density at radius 1 is 0.913 bits per heavy atom. The number of nitrogen functional groups attached to an aromatic ring is 2. The van der Waals surface area contributed by atoms with E-state index < -0.39 is 101 Å². The third-order valence-corrected chi connectivity index (χ3v) is 17.6. The number of H-pyrrole nitrogens is 1. The van der Waals surface area contributed by atoms with Crippen molar-refractivity contribution in [3.05, 3.63) is 164 Å². The first kappa shape index (κ1) is 88.7. The number of carbonyl (C=O) groups excluding carboxylic acids is 4. The highest BCUT2D eigenvalue weighted by atomic mass is 32.2. The average Bonchev–Trinajstić information content (AvgIpc) is 1.67. The number of phenols is 1. The monoisotopic (exact) mass is 1640 g/mol. The first-order chi connectivity index (χ1) is 54.4. The van der Waals surface area contributed by atoms with Crippen LogP contribution in [-0.2, 0) is 61.2 Å². The molecule has 2 aliphatic rings. The summed E-state index contributed by atoms with van der Waals surface area (Å²) in [6.07, 6.45) is 0.993. The number of alkyl halides is 3. The molecule has 9 heterocycles. The minimum Gasteiger partial charge on any atom is -0.507 e. The standard InChI is InChI=1S/C20H22N8O5.C17H20O6.C12H9F3N2O2.C9H7N7O2S.C9H13N3O6.H2NOP/c1-28(9-11-8-23-17-15(24-11)16(21)26-20(22)27-17)12-4-2-10(3-5-12)18(31)25-13(19(32)33)6-7-14(29)30;1-9(5-7-13(18)19)4-6-11-15(20)14-12(8-23-17(14)21)10(2)16(11)22-3;1-7-10(6-16-19-7)11(18)17-9-4-2-8(3-5-9)12(13,14)15;1-15-4-14-7(16(17)18)9(15)19-8-5-6(11-2-10-5)12-3-13-8;10-7(16)4-8(17)12(2-11-4)9-6(15)5(14)3(1-13)18-9;1-3-2/h2-5,8,13H,6-7,9H2,1H3,(H,25,31)(H,29,30)(H,32,33)(H4,21,22,23,26,27);4,20H,5-8H2,1-3H3,(H,18,19);2-6H,1H3,(H,17,18);2-4H,1H3,(H,10,11,12,13);2-3,5-6,9,13-15,17H,1H2,(H2,10,16);(H2,1,2)/b;9-4+;;;;/t13-;;;;3-,5-,6-,9-;/m0...1./s1. The molecule has 12 rings (SSSR count). The lowest BCUT2D eigenvalue weighted by Gasteiger charge is -2.19. The molecule has 2 aliphatic heterocycles. The molecule has 7 aromatic heterocycles. The highest BCUT2D eigenvalue weighted by Gasteiger charge is 2.45. The van der Waals surface area contributed by atoms with Crippen molar-refractivity contribution < 1.29 is 116 Å². The van der Waals surface area contributed by atoms with E-state index in [1.807, 2.05) is 31.9 Å². The number of aromatic hydroxyl groups is 2. The van der Waals surface area contributed by atoms with Gasteiger partial charge in [-0.25, -0.2) is 39.5 Å². The number of aromatic amines is 1. The van der Waals surface area contributed by atoms with Gasteiger partial charge in [-0.15, -0.1) is 0 Å². The number of aromatic nitrogens is 13. The van der Waals surface area contributed by atoms with Crippen LogP contribution < -0.4 is 43.0 Å². The van der Waals surface area contributed by atoms with Gasteiger partial charge in [0.1, 0.15) is 82.5 Å². The van der Waals surface area contributed by atoms with Crippen LogP contribution >= 0.6 is 20.4 Å². The van der Waals surface area contributed by atoms with E-state index in [1.54, 1.807) is 36.9 Å².